The summed E-state index contributed by atoms with van der Waals surface area (Å²) in [4.78, 5) is 0. The second-order valence-electron chi connectivity index (χ2n) is 10.1. The van der Waals surface area contributed by atoms with Crippen molar-refractivity contribution >= 4 is 22.4 Å². The van der Waals surface area contributed by atoms with Crippen LogP contribution >= 0.6 is 11.6 Å². The lowest BCUT2D eigenvalue weighted by Crippen LogP contribution is -1.99. The first kappa shape index (κ1) is 28.2. The molecule has 0 aromatic heterocycles. The third kappa shape index (κ3) is 7.17. The molecule has 5 heteroatoms. The van der Waals surface area contributed by atoms with Gasteiger partial charge in [0.15, 0.2) is 0 Å². The van der Waals surface area contributed by atoms with E-state index in [1.807, 2.05) is 30.3 Å². The average Bonchev–Trinajstić information content (AvgIpc) is 2.90. The lowest BCUT2D eigenvalue weighted by atomic mass is 9.96. The first-order valence-electron chi connectivity index (χ1n) is 13.5. The topological polar surface area (TPSA) is 0 Å². The van der Waals surface area contributed by atoms with Crippen molar-refractivity contribution in [1.82, 2.24) is 0 Å². The number of fused-ring (bicyclic) bond motifs is 1. The number of unbranched alkanes of at least 4 members (excludes halogenated alkanes) is 4. The molecule has 0 saturated heterocycles. The van der Waals surface area contributed by atoms with Crippen molar-refractivity contribution < 1.29 is 17.6 Å². The molecule has 0 aliphatic rings. The monoisotopic (exact) mass is 540 g/mol. The number of aryl methyl sites for hydroxylation is 5. The van der Waals surface area contributed by atoms with Gasteiger partial charge in [0.05, 0.1) is 0 Å². The quantitative estimate of drug-likeness (QED) is 0.0952. The van der Waals surface area contributed by atoms with E-state index in [2.05, 4.69) is 6.92 Å². The second kappa shape index (κ2) is 13.3. The normalized spacial score (nSPS) is 11.4. The maximum atomic E-state index is 15.2. The second-order valence-corrected chi connectivity index (χ2v) is 10.4. The van der Waals surface area contributed by atoms with Gasteiger partial charge in [-0.25, -0.2) is 17.6 Å². The first-order chi connectivity index (χ1) is 18.4. The minimum absolute atomic E-state index is 0.159. The van der Waals surface area contributed by atoms with Crippen molar-refractivity contribution in [2.75, 3.05) is 0 Å². The third-order valence-corrected chi connectivity index (χ3v) is 7.56. The molecular weight excluding hydrogens is 508 g/mol. The van der Waals surface area contributed by atoms with Crippen LogP contribution in [0.2, 0.25) is 5.02 Å². The molecule has 0 fully saturated rings. The fourth-order valence-corrected chi connectivity index (χ4v) is 5.04. The summed E-state index contributed by atoms with van der Waals surface area (Å²) >= 11 is 5.54. The summed E-state index contributed by atoms with van der Waals surface area (Å²) in [5, 5.41) is 0.731. The van der Waals surface area contributed by atoms with Gasteiger partial charge in [0, 0.05) is 5.39 Å². The predicted molar refractivity (Wildman–Crippen MR) is 149 cm³/mol. The van der Waals surface area contributed by atoms with Gasteiger partial charge < -0.3 is 0 Å². The number of hydrogen-bond acceptors (Lipinski definition) is 0. The number of halogens is 5. The Bertz CT molecular complexity index is 1370. The molecule has 200 valence electrons. The zero-order valence-corrected chi connectivity index (χ0v) is 22.5. The van der Waals surface area contributed by atoms with Gasteiger partial charge >= 0.3 is 0 Å². The van der Waals surface area contributed by atoms with Gasteiger partial charge in [0.2, 0.25) is 0 Å². The fourth-order valence-electron chi connectivity index (χ4n) is 4.93. The van der Waals surface area contributed by atoms with Crippen LogP contribution in [0.25, 0.3) is 10.8 Å². The molecule has 0 amide bonds. The Morgan fingerprint density at radius 2 is 1.16 bits per heavy atom. The molecule has 0 aliphatic heterocycles. The van der Waals surface area contributed by atoms with Crippen LogP contribution in [0.15, 0.2) is 60.7 Å². The summed E-state index contributed by atoms with van der Waals surface area (Å²) in [6.07, 6.45) is 8.71. The van der Waals surface area contributed by atoms with E-state index in [0.717, 1.165) is 29.4 Å². The smallest absolute Gasteiger partial charge is 0.145 e. The summed E-state index contributed by atoms with van der Waals surface area (Å²) in [6, 6.07) is 17.1. The predicted octanol–water partition coefficient (Wildman–Crippen LogP) is 10.1. The zero-order valence-electron chi connectivity index (χ0n) is 21.7. The minimum Gasteiger partial charge on any atom is -0.207 e. The summed E-state index contributed by atoms with van der Waals surface area (Å²) in [7, 11) is 0. The molecule has 0 saturated carbocycles. The molecule has 38 heavy (non-hydrogen) atoms. The Labute approximate surface area is 227 Å². The summed E-state index contributed by atoms with van der Waals surface area (Å²) in [5.41, 5.74) is 3.65. The van der Waals surface area contributed by atoms with E-state index >= 15 is 4.39 Å². The highest BCUT2D eigenvalue weighted by Crippen LogP contribution is 2.26. The molecule has 0 unspecified atom stereocenters. The number of benzene rings is 4. The van der Waals surface area contributed by atoms with E-state index in [0.29, 0.717) is 41.3 Å². The minimum atomic E-state index is -0.818. The Morgan fingerprint density at radius 1 is 0.553 bits per heavy atom. The molecule has 0 heterocycles. The SMILES string of the molecule is CCCCCCCc1ccc(CCc2ccc3c(F)c(CCc4cc(F)c(Cl)c(F)c4)ccc3c2)c(F)c1. The van der Waals surface area contributed by atoms with Crippen LogP contribution in [0.5, 0.6) is 0 Å². The van der Waals surface area contributed by atoms with Crippen molar-refractivity contribution in [2.45, 2.75) is 71.1 Å². The molecule has 0 spiro atoms. The van der Waals surface area contributed by atoms with Crippen LogP contribution < -0.4 is 0 Å². The standard InChI is InChI=1S/C33H33ClF4/c1-2-3-4-5-6-7-22-8-12-25(29(35)19-22)13-9-23-11-17-28-27(18-23)16-15-26(33(28)38)14-10-24-20-30(36)32(34)31(37)21-24/h8,11-12,15-21H,2-7,9-10,13-14H2,1H3. The van der Waals surface area contributed by atoms with Crippen molar-refractivity contribution in [3.8, 4) is 0 Å². The van der Waals surface area contributed by atoms with Gasteiger partial charge in [0.25, 0.3) is 0 Å². The van der Waals surface area contributed by atoms with E-state index in [9.17, 15) is 13.2 Å². The van der Waals surface area contributed by atoms with E-state index in [-0.39, 0.29) is 18.1 Å². The lowest BCUT2D eigenvalue weighted by molar-refractivity contribution is 0.579. The van der Waals surface area contributed by atoms with Crippen molar-refractivity contribution in [3.63, 3.8) is 0 Å². The summed E-state index contributed by atoms with van der Waals surface area (Å²) in [6.45, 7) is 2.20. The maximum Gasteiger partial charge on any atom is 0.145 e. The van der Waals surface area contributed by atoms with Crippen molar-refractivity contribution in [1.29, 1.82) is 0 Å². The van der Waals surface area contributed by atoms with Crippen molar-refractivity contribution in [2.24, 2.45) is 0 Å². The van der Waals surface area contributed by atoms with Gasteiger partial charge in [-0.05, 0) is 89.9 Å². The highest BCUT2D eigenvalue weighted by Gasteiger charge is 2.12. The van der Waals surface area contributed by atoms with E-state index in [1.54, 1.807) is 18.2 Å². The molecule has 4 aromatic carbocycles. The van der Waals surface area contributed by atoms with Gasteiger partial charge in [-0.1, -0.05) is 86.7 Å². The zero-order chi connectivity index (χ0) is 27.1. The average molecular weight is 541 g/mol. The van der Waals surface area contributed by atoms with Gasteiger partial charge in [-0.15, -0.1) is 0 Å². The lowest BCUT2D eigenvalue weighted by Gasteiger charge is -2.10. The van der Waals surface area contributed by atoms with Crippen LogP contribution in [0, 0.1) is 23.3 Å². The maximum absolute atomic E-state index is 15.2. The Balaban J connectivity index is 1.37. The van der Waals surface area contributed by atoms with Crippen LogP contribution in [0.3, 0.4) is 0 Å². The molecule has 0 bridgehead atoms. The molecule has 0 aliphatic carbocycles. The van der Waals surface area contributed by atoms with Crippen LogP contribution in [-0.4, -0.2) is 0 Å². The highest BCUT2D eigenvalue weighted by molar-refractivity contribution is 6.30. The van der Waals surface area contributed by atoms with Gasteiger partial charge in [-0.2, -0.15) is 0 Å². The van der Waals surface area contributed by atoms with Gasteiger partial charge in [-0.3, -0.25) is 0 Å². The number of rotatable bonds is 12. The van der Waals surface area contributed by atoms with E-state index in [4.69, 9.17) is 11.6 Å². The Morgan fingerprint density at radius 3 is 1.89 bits per heavy atom. The largest absolute Gasteiger partial charge is 0.207 e. The fraction of sp³-hybridized carbons (Fsp3) is 0.333. The van der Waals surface area contributed by atoms with Crippen LogP contribution in [-0.2, 0) is 32.1 Å². The first-order valence-corrected chi connectivity index (χ1v) is 13.8. The molecule has 0 N–H and O–H groups in total. The molecule has 0 radical (unpaired) electrons. The Hall–Kier alpha value is -2.85. The van der Waals surface area contributed by atoms with E-state index in [1.165, 1.54) is 37.8 Å². The molecule has 4 rings (SSSR count). The summed E-state index contributed by atoms with van der Waals surface area (Å²) in [5.74, 6) is -2.13. The molecular formula is C33H33ClF4. The number of hydrogen-bond donors (Lipinski definition) is 0. The molecule has 0 atom stereocenters. The van der Waals surface area contributed by atoms with E-state index < -0.39 is 16.7 Å². The Kier molecular flexibility index (Phi) is 9.85. The molecule has 0 nitrogen and oxygen atoms in total. The van der Waals surface area contributed by atoms with Gasteiger partial charge in [0.1, 0.15) is 28.3 Å². The van der Waals surface area contributed by atoms with Crippen LogP contribution in [0.4, 0.5) is 17.6 Å². The summed E-state index contributed by atoms with van der Waals surface area (Å²) < 4.78 is 57.3. The highest BCUT2D eigenvalue weighted by atomic mass is 35.5. The van der Waals surface area contributed by atoms with Crippen molar-refractivity contribution in [3.05, 3.63) is 117 Å². The molecule has 4 aromatic rings. The van der Waals surface area contributed by atoms with Crippen LogP contribution in [0.1, 0.15) is 66.8 Å². The third-order valence-electron chi connectivity index (χ3n) is 7.19.